The third-order valence-electron chi connectivity index (χ3n) is 4.73. The Bertz CT molecular complexity index is 427. The Morgan fingerprint density at radius 2 is 0.645 bits per heavy atom. The van der Waals surface area contributed by atoms with E-state index in [2.05, 4.69) is 95.0 Å². The van der Waals surface area contributed by atoms with Gasteiger partial charge in [-0.05, 0) is 67.1 Å². The average molecular weight is 497 g/mol. The summed E-state index contributed by atoms with van der Waals surface area (Å²) in [5.74, 6) is 0. The molecule has 31 heavy (non-hydrogen) atoms. The summed E-state index contributed by atoms with van der Waals surface area (Å²) in [7, 11) is 2.68. The summed E-state index contributed by atoms with van der Waals surface area (Å²) in [6.07, 6.45) is 0. The summed E-state index contributed by atoms with van der Waals surface area (Å²) < 4.78 is 21.7. The zero-order valence-electron chi connectivity index (χ0n) is 24.8. The second-order valence-electron chi connectivity index (χ2n) is 13.7. The lowest BCUT2D eigenvalue weighted by molar-refractivity contribution is 0.232. The first kappa shape index (κ1) is 36.1. The van der Waals surface area contributed by atoms with Crippen LogP contribution in [0.2, 0.25) is 50.9 Å². The molecule has 0 fully saturated rings. The summed E-state index contributed by atoms with van der Waals surface area (Å²) in [5.41, 5.74) is 1.14. The maximum Gasteiger partial charge on any atom is 0.334 e. The van der Waals surface area contributed by atoms with Crippen LogP contribution in [0.25, 0.3) is 0 Å². The molecule has 0 spiro atoms. The fourth-order valence-electron chi connectivity index (χ4n) is 3.89. The highest BCUT2D eigenvalue weighted by Gasteiger charge is 2.34. The molecule has 0 aromatic heterocycles. The summed E-state index contributed by atoms with van der Waals surface area (Å²) in [6.45, 7) is 31.3. The lowest BCUT2D eigenvalue weighted by Gasteiger charge is -2.30. The van der Waals surface area contributed by atoms with Crippen LogP contribution >= 0.6 is 0 Å². The van der Waals surface area contributed by atoms with E-state index in [0.717, 1.165) is 6.04 Å². The zero-order valence-corrected chi connectivity index (χ0v) is 27.8. The van der Waals surface area contributed by atoms with Gasteiger partial charge in [0, 0.05) is 28.4 Å². The van der Waals surface area contributed by atoms with Crippen LogP contribution in [0, 0.1) is 16.2 Å². The van der Waals surface area contributed by atoms with Crippen LogP contribution in [0.4, 0.5) is 0 Å². The summed E-state index contributed by atoms with van der Waals surface area (Å²) in [4.78, 5) is 0. The third kappa shape index (κ3) is 26.6. The van der Waals surface area contributed by atoms with Crippen molar-refractivity contribution >= 4 is 25.2 Å². The SMILES string of the molecule is CO[Si](C)(C)CC(C)(C)C.CO[Si](C)(C)CC(C)(C)C.CO[Si](C)(CC(C)(C)C)OC. The predicted octanol–water partition coefficient (Wildman–Crippen LogP) is 8.17. The van der Waals surface area contributed by atoms with Crippen molar-refractivity contribution in [3.8, 4) is 0 Å². The van der Waals surface area contributed by atoms with Crippen LogP contribution in [0.5, 0.6) is 0 Å². The minimum Gasteiger partial charge on any atom is -0.420 e. The Kier molecular flexibility index (Phi) is 16.3. The van der Waals surface area contributed by atoms with Crippen molar-refractivity contribution in [2.45, 2.75) is 113 Å². The molecule has 4 nitrogen and oxygen atoms in total. The molecule has 0 aromatic rings. The van der Waals surface area contributed by atoms with Crippen LogP contribution < -0.4 is 0 Å². The molecule has 0 heterocycles. The maximum absolute atomic E-state index is 5.45. The first-order valence-corrected chi connectivity index (χ1v) is 20.3. The van der Waals surface area contributed by atoms with Crippen LogP contribution in [0.3, 0.4) is 0 Å². The van der Waals surface area contributed by atoms with E-state index >= 15 is 0 Å². The van der Waals surface area contributed by atoms with Crippen molar-refractivity contribution in [3.05, 3.63) is 0 Å². The van der Waals surface area contributed by atoms with Crippen molar-refractivity contribution in [1.29, 1.82) is 0 Å². The number of rotatable bonds is 7. The molecule has 0 saturated carbocycles. The lowest BCUT2D eigenvalue weighted by Crippen LogP contribution is -2.39. The molecule has 0 rings (SSSR count). The smallest absolute Gasteiger partial charge is 0.334 e. The highest BCUT2D eigenvalue weighted by Crippen LogP contribution is 2.29. The van der Waals surface area contributed by atoms with Crippen LogP contribution in [-0.2, 0) is 17.7 Å². The van der Waals surface area contributed by atoms with Gasteiger partial charge in [-0.1, -0.05) is 62.3 Å². The molecule has 0 aliphatic carbocycles. The quantitative estimate of drug-likeness (QED) is 0.333. The molecule has 0 unspecified atom stereocenters. The third-order valence-corrected chi connectivity index (χ3v) is 14.2. The van der Waals surface area contributed by atoms with Gasteiger partial charge in [0.05, 0.1) is 0 Å². The van der Waals surface area contributed by atoms with Crippen molar-refractivity contribution in [2.24, 2.45) is 16.2 Å². The molecule has 0 aliphatic heterocycles. The van der Waals surface area contributed by atoms with E-state index in [9.17, 15) is 0 Å². The van der Waals surface area contributed by atoms with Crippen LogP contribution in [0.15, 0.2) is 0 Å². The van der Waals surface area contributed by atoms with Crippen LogP contribution in [0.1, 0.15) is 62.3 Å². The fourth-order valence-corrected chi connectivity index (χ4v) is 11.7. The summed E-state index contributed by atoms with van der Waals surface area (Å²) >= 11 is 0. The lowest BCUT2D eigenvalue weighted by atomic mass is 10.0. The zero-order chi connectivity index (χ0) is 25.9. The Labute approximate surface area is 200 Å². The van der Waals surface area contributed by atoms with Gasteiger partial charge in [-0.2, -0.15) is 0 Å². The number of hydrogen-bond acceptors (Lipinski definition) is 4. The highest BCUT2D eigenvalue weighted by molar-refractivity contribution is 6.71. The number of hydrogen-bond donors (Lipinski definition) is 0. The summed E-state index contributed by atoms with van der Waals surface area (Å²) in [5, 5.41) is 0. The maximum atomic E-state index is 5.45. The molecular weight excluding hydrogens is 437 g/mol. The van der Waals surface area contributed by atoms with E-state index in [1.165, 1.54) is 12.1 Å². The van der Waals surface area contributed by atoms with Crippen molar-refractivity contribution in [3.63, 3.8) is 0 Å². The van der Waals surface area contributed by atoms with Gasteiger partial charge in [0.25, 0.3) is 0 Å². The van der Waals surface area contributed by atoms with Crippen molar-refractivity contribution in [1.82, 2.24) is 0 Å². The van der Waals surface area contributed by atoms with Gasteiger partial charge < -0.3 is 17.7 Å². The fraction of sp³-hybridized carbons (Fsp3) is 1.00. The Balaban J connectivity index is -0.000000380. The molecule has 0 aliphatic rings. The van der Waals surface area contributed by atoms with Gasteiger partial charge in [-0.15, -0.1) is 0 Å². The Morgan fingerprint density at radius 1 is 0.419 bits per heavy atom. The van der Waals surface area contributed by atoms with E-state index in [0.29, 0.717) is 16.2 Å². The Hall–Kier alpha value is 0.491. The topological polar surface area (TPSA) is 36.9 Å². The van der Waals surface area contributed by atoms with E-state index in [1.54, 1.807) is 14.2 Å². The predicted molar refractivity (Wildman–Crippen MR) is 147 cm³/mol. The van der Waals surface area contributed by atoms with Gasteiger partial charge in [-0.25, -0.2) is 0 Å². The van der Waals surface area contributed by atoms with Gasteiger partial charge >= 0.3 is 8.56 Å². The Morgan fingerprint density at radius 3 is 0.710 bits per heavy atom. The molecule has 7 heteroatoms. The van der Waals surface area contributed by atoms with Gasteiger partial charge in [-0.3, -0.25) is 0 Å². The molecule has 0 amide bonds. The van der Waals surface area contributed by atoms with Gasteiger partial charge in [0.15, 0.2) is 16.6 Å². The second kappa shape index (κ2) is 14.0. The van der Waals surface area contributed by atoms with E-state index in [-0.39, 0.29) is 0 Å². The first-order valence-electron chi connectivity index (χ1n) is 11.6. The molecular formula is C24H60O4Si3. The second-order valence-corrected chi connectivity index (χ2v) is 25.7. The summed E-state index contributed by atoms with van der Waals surface area (Å²) in [6, 6.07) is 3.50. The van der Waals surface area contributed by atoms with Crippen molar-refractivity contribution in [2.75, 3.05) is 28.4 Å². The molecule has 0 saturated heterocycles. The molecule has 0 radical (unpaired) electrons. The largest absolute Gasteiger partial charge is 0.420 e. The molecule has 192 valence electrons. The minimum absolute atomic E-state index is 0.299. The van der Waals surface area contributed by atoms with Gasteiger partial charge in [0.2, 0.25) is 0 Å². The average Bonchev–Trinajstić information content (AvgIpc) is 2.50. The highest BCUT2D eigenvalue weighted by atomic mass is 28.4. The van der Waals surface area contributed by atoms with E-state index in [1.807, 2.05) is 14.2 Å². The standard InChI is InChI=1S/C8H20O2Si.2C8H20OSi/c1-8(2,3)7-11(6,9-4)10-5;2*1-8(2,3)7-10(5,6)9-4/h7H2,1-6H3;2*7H2,1-6H3. The first-order chi connectivity index (χ1) is 13.4. The van der Waals surface area contributed by atoms with Crippen molar-refractivity contribution < 1.29 is 17.7 Å². The minimum atomic E-state index is -1.83. The molecule has 0 N–H and O–H groups in total. The molecule has 0 aromatic carbocycles. The molecule has 0 atom stereocenters. The molecule has 0 bridgehead atoms. The van der Waals surface area contributed by atoms with E-state index in [4.69, 9.17) is 17.7 Å². The van der Waals surface area contributed by atoms with E-state index < -0.39 is 25.2 Å². The monoisotopic (exact) mass is 496 g/mol. The van der Waals surface area contributed by atoms with Crippen LogP contribution in [-0.4, -0.2) is 53.6 Å². The van der Waals surface area contributed by atoms with Gasteiger partial charge in [0.1, 0.15) is 0 Å². The normalized spacial score (nSPS) is 13.7.